The van der Waals surface area contributed by atoms with Gasteiger partial charge >= 0.3 is 33.6 Å². The van der Waals surface area contributed by atoms with E-state index in [2.05, 4.69) is 17.7 Å². The van der Waals surface area contributed by atoms with Crippen molar-refractivity contribution in [3.8, 4) is 0 Å². The zero-order chi connectivity index (χ0) is 9.94. The Labute approximate surface area is 94.4 Å². The van der Waals surface area contributed by atoms with Crippen LogP contribution in [0.2, 0.25) is 0 Å². The number of unbranched alkanes of at least 4 members (excludes halogenated alkanes) is 1. The third-order valence-electron chi connectivity index (χ3n) is 1.45. The van der Waals surface area contributed by atoms with E-state index in [1.54, 1.807) is 0 Å². The van der Waals surface area contributed by atoms with Crippen molar-refractivity contribution >= 4 is 33.6 Å². The summed E-state index contributed by atoms with van der Waals surface area (Å²) in [7, 11) is 9.78. The van der Waals surface area contributed by atoms with E-state index >= 15 is 0 Å². The van der Waals surface area contributed by atoms with Gasteiger partial charge in [-0.25, -0.2) is 0 Å². The Morgan fingerprint density at radius 1 is 1.62 bits per heavy atom. The molecular weight excluding hydrogens is 272 g/mol. The molecule has 2 radical (unpaired) electrons. The maximum atomic E-state index is 5.25. The summed E-state index contributed by atoms with van der Waals surface area (Å²) in [6.07, 6.45) is 6.57. The normalized spacial score (nSPS) is 21.6. The van der Waals surface area contributed by atoms with Gasteiger partial charge in [0.1, 0.15) is 6.61 Å². The van der Waals surface area contributed by atoms with Gasteiger partial charge in [0.25, 0.3) is 6.29 Å². The summed E-state index contributed by atoms with van der Waals surface area (Å²) < 4.78 is 9.44. The van der Waals surface area contributed by atoms with Crippen molar-refractivity contribution in [1.82, 2.24) is 0 Å². The van der Waals surface area contributed by atoms with E-state index in [1.165, 1.54) is 6.42 Å². The van der Waals surface area contributed by atoms with Crippen LogP contribution >= 0.6 is 20.0 Å². The number of halogens is 2. The zero-order valence-corrected chi connectivity index (χ0v) is 11.3. The standard InChI is InChI=1S/C8H14O2.Cl2Ge/c1-2-3-4-5-8-9-6-7-10-8;1-3-2/h4-5,8H,2-3,6-7H2,1H3;/p+1/b5-4+;. The van der Waals surface area contributed by atoms with Crippen LogP contribution in [0.15, 0.2) is 12.2 Å². The Morgan fingerprint density at radius 2 is 2.31 bits per heavy atom. The van der Waals surface area contributed by atoms with Gasteiger partial charge in [-0.15, -0.1) is 0 Å². The number of rotatable bonds is 3. The maximum absolute atomic E-state index is 5.25. The van der Waals surface area contributed by atoms with Crippen LogP contribution < -0.4 is 0 Å². The van der Waals surface area contributed by atoms with Gasteiger partial charge in [0, 0.05) is 6.08 Å². The number of hydrogen-bond acceptors (Lipinski definition) is 1. The Bertz CT molecular complexity index is 127. The van der Waals surface area contributed by atoms with Crippen molar-refractivity contribution in [1.29, 1.82) is 0 Å². The summed E-state index contributed by atoms with van der Waals surface area (Å²) in [5, 5.41) is 0. The van der Waals surface area contributed by atoms with E-state index in [0.29, 0.717) is 0 Å². The van der Waals surface area contributed by atoms with Crippen LogP contribution in [0.25, 0.3) is 0 Å². The molecular formula is C8H15Cl2GeO2+. The molecule has 1 aliphatic heterocycles. The molecule has 1 heterocycles. The van der Waals surface area contributed by atoms with Crippen LogP contribution in [-0.2, 0) is 4.74 Å². The van der Waals surface area contributed by atoms with Crippen molar-refractivity contribution < 1.29 is 9.47 Å². The second kappa shape index (κ2) is 10.9. The van der Waals surface area contributed by atoms with Crippen LogP contribution in [0.5, 0.6) is 0 Å². The summed E-state index contributed by atoms with van der Waals surface area (Å²) >= 11 is -0.556. The molecule has 0 spiro atoms. The van der Waals surface area contributed by atoms with Gasteiger partial charge in [-0.1, -0.05) is 19.4 Å². The monoisotopic (exact) mass is 287 g/mol. The summed E-state index contributed by atoms with van der Waals surface area (Å²) in [5.74, 6) is 0. The first-order valence-corrected chi connectivity index (χ1v) is 9.77. The zero-order valence-electron chi connectivity index (χ0n) is 7.67. The van der Waals surface area contributed by atoms with Crippen molar-refractivity contribution in [3.05, 3.63) is 12.2 Å². The Kier molecular flexibility index (Phi) is 11.5. The third kappa shape index (κ3) is 9.10. The topological polar surface area (TPSA) is 22.0 Å². The minimum atomic E-state index is -0.556. The molecule has 0 aromatic carbocycles. The Morgan fingerprint density at radius 3 is 2.77 bits per heavy atom. The molecule has 0 bridgehead atoms. The molecule has 0 aliphatic carbocycles. The molecule has 13 heavy (non-hydrogen) atoms. The number of aliphatic hydroxyl groups is 2. The SMILES string of the molecule is CCC/C=C/C1OCC[OH+]1.[Cl][Ge][Cl]. The fraction of sp³-hybridized carbons (Fsp3) is 0.750. The molecule has 1 saturated heterocycles. The first-order valence-electron chi connectivity index (χ1n) is 4.26. The number of hydrogen-bond donors (Lipinski definition) is 0. The molecule has 1 atom stereocenters. The average Bonchev–Trinajstić information content (AvgIpc) is 2.59. The molecule has 1 aliphatic rings. The van der Waals surface area contributed by atoms with Gasteiger partial charge in [-0.3, -0.25) is 0 Å². The summed E-state index contributed by atoms with van der Waals surface area (Å²) in [6.45, 7) is 3.82. The van der Waals surface area contributed by atoms with Gasteiger partial charge < -0.3 is 9.47 Å². The van der Waals surface area contributed by atoms with Crippen LogP contribution in [0, 0.1) is 0 Å². The summed E-state index contributed by atoms with van der Waals surface area (Å²) in [6, 6.07) is 0. The summed E-state index contributed by atoms with van der Waals surface area (Å²) in [4.78, 5) is 0. The minimum absolute atomic E-state index is 0.0616. The first-order chi connectivity index (χ1) is 6.35. The molecule has 0 aromatic rings. The molecule has 0 amide bonds. The number of ether oxygens (including phenoxy) is 2. The molecule has 0 aromatic heterocycles. The predicted molar refractivity (Wildman–Crippen MR) is 58.3 cm³/mol. The van der Waals surface area contributed by atoms with E-state index in [1.807, 2.05) is 6.08 Å². The first kappa shape index (κ1) is 13.8. The van der Waals surface area contributed by atoms with Gasteiger partial charge in [-0.05, 0) is 6.42 Å². The molecule has 1 fully saturated rings. The van der Waals surface area contributed by atoms with E-state index in [0.717, 1.165) is 19.6 Å². The van der Waals surface area contributed by atoms with E-state index in [4.69, 9.17) is 24.8 Å². The quantitative estimate of drug-likeness (QED) is 0.443. The molecule has 5 heteroatoms. The average molecular weight is 287 g/mol. The summed E-state index contributed by atoms with van der Waals surface area (Å²) in [5.41, 5.74) is 0. The molecule has 1 N–H and O–H groups in total. The Balaban J connectivity index is 0.000000424. The predicted octanol–water partition coefficient (Wildman–Crippen LogP) is 2.23. The molecule has 0 saturated carbocycles. The molecule has 1 unspecified atom stereocenters. The van der Waals surface area contributed by atoms with Crippen LogP contribution in [-0.4, -0.2) is 37.8 Å². The van der Waals surface area contributed by atoms with E-state index < -0.39 is 13.6 Å². The van der Waals surface area contributed by atoms with Gasteiger partial charge in [0.15, 0.2) is 6.61 Å². The van der Waals surface area contributed by atoms with Crippen molar-refractivity contribution in [2.24, 2.45) is 0 Å². The van der Waals surface area contributed by atoms with Crippen LogP contribution in [0.1, 0.15) is 19.8 Å². The number of allylic oxidation sites excluding steroid dienone is 1. The third-order valence-corrected chi connectivity index (χ3v) is 1.45. The fourth-order valence-corrected chi connectivity index (χ4v) is 0.902. The Hall–Kier alpha value is 0.783. The molecule has 76 valence electrons. The van der Waals surface area contributed by atoms with Gasteiger partial charge in [-0.2, -0.15) is 0 Å². The van der Waals surface area contributed by atoms with Crippen LogP contribution in [0.4, 0.5) is 0 Å². The van der Waals surface area contributed by atoms with Gasteiger partial charge in [0.05, 0.1) is 0 Å². The van der Waals surface area contributed by atoms with Crippen molar-refractivity contribution in [2.45, 2.75) is 26.1 Å². The van der Waals surface area contributed by atoms with Crippen molar-refractivity contribution in [3.63, 3.8) is 0 Å². The van der Waals surface area contributed by atoms with E-state index in [-0.39, 0.29) is 6.29 Å². The van der Waals surface area contributed by atoms with Crippen LogP contribution in [0.3, 0.4) is 0 Å². The second-order valence-corrected chi connectivity index (χ2v) is 5.72. The molecule has 1 rings (SSSR count). The molecule has 2 nitrogen and oxygen atoms in total. The van der Waals surface area contributed by atoms with Gasteiger partial charge in [0.2, 0.25) is 0 Å². The van der Waals surface area contributed by atoms with Crippen molar-refractivity contribution in [2.75, 3.05) is 13.2 Å². The second-order valence-electron chi connectivity index (χ2n) is 2.46. The fourth-order valence-electron chi connectivity index (χ4n) is 0.902. The van der Waals surface area contributed by atoms with E-state index in [9.17, 15) is 0 Å².